The first kappa shape index (κ1) is 14.7. The molecule has 0 aliphatic carbocycles. The second-order valence-corrected chi connectivity index (χ2v) is 6.85. The van der Waals surface area contributed by atoms with E-state index in [1.54, 1.807) is 0 Å². The van der Waals surface area contributed by atoms with E-state index in [0.29, 0.717) is 25.4 Å². The Bertz CT molecular complexity index is 954. The molecule has 1 fully saturated rings. The number of piperidine rings is 1. The molecule has 5 heteroatoms. The normalized spacial score (nSPS) is 18.6. The van der Waals surface area contributed by atoms with Crippen molar-refractivity contribution in [2.24, 2.45) is 0 Å². The van der Waals surface area contributed by atoms with E-state index in [9.17, 15) is 4.79 Å². The molecule has 2 aromatic carbocycles. The molecule has 1 spiro atoms. The number of aromatic nitrogens is 2. The molecule has 25 heavy (non-hydrogen) atoms. The van der Waals surface area contributed by atoms with E-state index in [1.165, 1.54) is 11.1 Å². The molecule has 1 N–H and O–H groups in total. The van der Waals surface area contributed by atoms with Crippen LogP contribution >= 0.6 is 0 Å². The molecule has 2 aliphatic rings. The molecule has 2 aliphatic heterocycles. The third-order valence-electron chi connectivity index (χ3n) is 5.54. The fourth-order valence-corrected chi connectivity index (χ4v) is 4.15. The number of amides is 1. The molecule has 126 valence electrons. The molecular formula is C20H19N3O2. The van der Waals surface area contributed by atoms with E-state index in [4.69, 9.17) is 4.74 Å². The number of fused-ring (bicyclic) bond motifs is 3. The average Bonchev–Trinajstić information content (AvgIpc) is 3.25. The predicted octanol–water partition coefficient (Wildman–Crippen LogP) is 3.22. The molecule has 1 amide bonds. The monoisotopic (exact) mass is 333 g/mol. The van der Waals surface area contributed by atoms with E-state index in [1.807, 2.05) is 29.2 Å². The van der Waals surface area contributed by atoms with Gasteiger partial charge in [0.25, 0.3) is 5.91 Å². The van der Waals surface area contributed by atoms with Gasteiger partial charge in [-0.25, -0.2) is 0 Å². The Labute approximate surface area is 145 Å². The highest BCUT2D eigenvalue weighted by atomic mass is 16.5. The summed E-state index contributed by atoms with van der Waals surface area (Å²) in [5, 5.41) is 8.08. The Kier molecular flexibility index (Phi) is 3.18. The predicted molar refractivity (Wildman–Crippen MR) is 94.1 cm³/mol. The van der Waals surface area contributed by atoms with Crippen LogP contribution in [0.15, 0.2) is 48.5 Å². The molecule has 1 saturated heterocycles. The number of nitrogens with zero attached hydrogens (tertiary/aromatic N) is 2. The lowest BCUT2D eigenvalue weighted by Gasteiger charge is -2.39. The number of nitrogens with one attached hydrogen (secondary N) is 1. The molecule has 0 radical (unpaired) electrons. The minimum absolute atomic E-state index is 0.00131. The first-order valence-corrected chi connectivity index (χ1v) is 8.72. The Hall–Kier alpha value is -2.66. The second kappa shape index (κ2) is 5.43. The van der Waals surface area contributed by atoms with Crippen molar-refractivity contribution in [2.45, 2.75) is 25.0 Å². The highest BCUT2D eigenvalue weighted by Crippen LogP contribution is 2.44. The van der Waals surface area contributed by atoms with Crippen LogP contribution in [0.1, 0.15) is 34.5 Å². The number of para-hydroxylation sites is 1. The fourth-order valence-electron chi connectivity index (χ4n) is 4.15. The maximum Gasteiger partial charge on any atom is 0.274 e. The van der Waals surface area contributed by atoms with Crippen molar-refractivity contribution in [3.8, 4) is 0 Å². The largest absolute Gasteiger partial charge is 0.365 e. The van der Waals surface area contributed by atoms with E-state index in [-0.39, 0.29) is 11.5 Å². The SMILES string of the molecule is O=C(c1n[nH]c2ccccc12)N1CCC2(CC1)OCc1ccccc12. The van der Waals surface area contributed by atoms with Crippen LogP contribution in [0, 0.1) is 0 Å². The Morgan fingerprint density at radius 3 is 2.72 bits per heavy atom. The van der Waals surface area contributed by atoms with Crippen molar-refractivity contribution < 1.29 is 9.53 Å². The van der Waals surface area contributed by atoms with Crippen molar-refractivity contribution in [3.05, 3.63) is 65.4 Å². The van der Waals surface area contributed by atoms with Crippen molar-refractivity contribution in [1.82, 2.24) is 15.1 Å². The first-order valence-electron chi connectivity index (χ1n) is 8.72. The van der Waals surface area contributed by atoms with E-state index in [0.717, 1.165) is 23.7 Å². The van der Waals surface area contributed by atoms with Gasteiger partial charge in [0.15, 0.2) is 5.69 Å². The van der Waals surface area contributed by atoms with Crippen LogP contribution < -0.4 is 0 Å². The van der Waals surface area contributed by atoms with Crippen LogP contribution in [-0.2, 0) is 16.9 Å². The molecule has 0 unspecified atom stereocenters. The maximum atomic E-state index is 12.9. The number of carbonyl (C=O) groups excluding carboxylic acids is 1. The fraction of sp³-hybridized carbons (Fsp3) is 0.300. The van der Waals surface area contributed by atoms with Crippen molar-refractivity contribution in [2.75, 3.05) is 13.1 Å². The highest BCUT2D eigenvalue weighted by molar-refractivity contribution is 6.04. The summed E-state index contributed by atoms with van der Waals surface area (Å²) in [6, 6.07) is 16.2. The zero-order valence-corrected chi connectivity index (χ0v) is 13.9. The van der Waals surface area contributed by atoms with Gasteiger partial charge < -0.3 is 9.64 Å². The molecular weight excluding hydrogens is 314 g/mol. The molecule has 1 aromatic heterocycles. The summed E-state index contributed by atoms with van der Waals surface area (Å²) in [6.45, 7) is 2.05. The third kappa shape index (κ3) is 2.19. The first-order chi connectivity index (χ1) is 12.3. The number of ether oxygens (including phenoxy) is 1. The van der Waals surface area contributed by atoms with E-state index < -0.39 is 0 Å². The van der Waals surface area contributed by atoms with Gasteiger partial charge in [-0.05, 0) is 30.0 Å². The van der Waals surface area contributed by atoms with Gasteiger partial charge in [-0.2, -0.15) is 5.10 Å². The quantitative estimate of drug-likeness (QED) is 0.744. The number of aromatic amines is 1. The van der Waals surface area contributed by atoms with Crippen LogP contribution in [-0.4, -0.2) is 34.1 Å². The minimum atomic E-state index is -0.221. The van der Waals surface area contributed by atoms with Crippen LogP contribution in [0.3, 0.4) is 0 Å². The molecule has 0 bridgehead atoms. The van der Waals surface area contributed by atoms with Crippen LogP contribution in [0.5, 0.6) is 0 Å². The molecule has 5 rings (SSSR count). The highest BCUT2D eigenvalue weighted by Gasteiger charge is 2.43. The number of likely N-dealkylation sites (tertiary alicyclic amines) is 1. The maximum absolute atomic E-state index is 12.9. The standard InChI is InChI=1S/C20H19N3O2/c24-19(18-15-6-2-4-8-17(15)21-22-18)23-11-9-20(10-12-23)16-7-3-1-5-14(16)13-25-20/h1-8H,9-13H2,(H,21,22). The van der Waals surface area contributed by atoms with Gasteiger partial charge in [0.1, 0.15) is 0 Å². The molecule has 3 aromatic rings. The van der Waals surface area contributed by atoms with Gasteiger partial charge in [0.2, 0.25) is 0 Å². The molecule has 0 atom stereocenters. The summed E-state index contributed by atoms with van der Waals surface area (Å²) < 4.78 is 6.18. The summed E-state index contributed by atoms with van der Waals surface area (Å²) in [7, 11) is 0. The number of hydrogen-bond donors (Lipinski definition) is 1. The summed E-state index contributed by atoms with van der Waals surface area (Å²) in [5.74, 6) is -0.00131. The third-order valence-corrected chi connectivity index (χ3v) is 5.54. The van der Waals surface area contributed by atoms with Crippen molar-refractivity contribution >= 4 is 16.8 Å². The summed E-state index contributed by atoms with van der Waals surface area (Å²) in [5.41, 5.74) is 3.76. The van der Waals surface area contributed by atoms with E-state index in [2.05, 4.69) is 34.5 Å². The molecule has 3 heterocycles. The zero-order valence-electron chi connectivity index (χ0n) is 13.9. The van der Waals surface area contributed by atoms with Gasteiger partial charge in [-0.15, -0.1) is 0 Å². The summed E-state index contributed by atoms with van der Waals surface area (Å²) in [6.07, 6.45) is 1.66. The molecule has 5 nitrogen and oxygen atoms in total. The van der Waals surface area contributed by atoms with E-state index >= 15 is 0 Å². The van der Waals surface area contributed by atoms with Gasteiger partial charge in [-0.1, -0.05) is 42.5 Å². The van der Waals surface area contributed by atoms with Gasteiger partial charge in [0, 0.05) is 18.5 Å². The Morgan fingerprint density at radius 1 is 1.08 bits per heavy atom. The lowest BCUT2D eigenvalue weighted by atomic mass is 9.84. The van der Waals surface area contributed by atoms with Crippen LogP contribution in [0.25, 0.3) is 10.9 Å². The topological polar surface area (TPSA) is 58.2 Å². The lowest BCUT2D eigenvalue weighted by Crippen LogP contribution is -2.45. The number of H-pyrrole nitrogens is 1. The van der Waals surface area contributed by atoms with Gasteiger partial charge >= 0.3 is 0 Å². The smallest absolute Gasteiger partial charge is 0.274 e. The average molecular weight is 333 g/mol. The van der Waals surface area contributed by atoms with Crippen molar-refractivity contribution in [1.29, 1.82) is 0 Å². The number of benzene rings is 2. The molecule has 0 saturated carbocycles. The van der Waals surface area contributed by atoms with Crippen LogP contribution in [0.4, 0.5) is 0 Å². The zero-order chi connectivity index (χ0) is 16.9. The number of carbonyl (C=O) groups is 1. The van der Waals surface area contributed by atoms with Gasteiger partial charge in [0.05, 0.1) is 17.7 Å². The van der Waals surface area contributed by atoms with Crippen LogP contribution in [0.2, 0.25) is 0 Å². The Balaban J connectivity index is 1.38. The summed E-state index contributed by atoms with van der Waals surface area (Å²) in [4.78, 5) is 14.8. The Morgan fingerprint density at radius 2 is 1.84 bits per heavy atom. The summed E-state index contributed by atoms with van der Waals surface area (Å²) >= 11 is 0. The number of hydrogen-bond acceptors (Lipinski definition) is 3. The number of rotatable bonds is 1. The minimum Gasteiger partial charge on any atom is -0.365 e. The van der Waals surface area contributed by atoms with Crippen molar-refractivity contribution in [3.63, 3.8) is 0 Å². The second-order valence-electron chi connectivity index (χ2n) is 6.85. The van der Waals surface area contributed by atoms with Gasteiger partial charge in [-0.3, -0.25) is 9.89 Å². The lowest BCUT2D eigenvalue weighted by molar-refractivity contribution is -0.0742.